The van der Waals surface area contributed by atoms with E-state index in [1.165, 1.54) is 0 Å². The number of amides is 1. The molecule has 1 aromatic carbocycles. The summed E-state index contributed by atoms with van der Waals surface area (Å²) in [6, 6.07) is 7.54. The molecule has 2 N–H and O–H groups in total. The van der Waals surface area contributed by atoms with Gasteiger partial charge in [0.2, 0.25) is 11.9 Å². The van der Waals surface area contributed by atoms with Gasteiger partial charge in [-0.2, -0.15) is 5.10 Å². The number of carbonyl (C=O) groups is 1. The van der Waals surface area contributed by atoms with Crippen LogP contribution in [0.3, 0.4) is 0 Å². The Morgan fingerprint density at radius 2 is 2.06 bits per heavy atom. The van der Waals surface area contributed by atoms with Crippen molar-refractivity contribution in [2.75, 3.05) is 25.9 Å². The Morgan fingerprint density at radius 1 is 1.16 bits per heavy atom. The summed E-state index contributed by atoms with van der Waals surface area (Å²) in [4.78, 5) is 22.3. The highest BCUT2D eigenvalue weighted by Crippen LogP contribution is 2.30. The van der Waals surface area contributed by atoms with Gasteiger partial charge in [-0.15, -0.1) is 5.10 Å². The Hall–Kier alpha value is -4.02. The highest BCUT2D eigenvalue weighted by molar-refractivity contribution is 5.95. The second kappa shape index (κ2) is 8.25. The number of para-hydroxylation sites is 1. The van der Waals surface area contributed by atoms with Crippen LogP contribution in [0.5, 0.6) is 5.75 Å². The highest BCUT2D eigenvalue weighted by Gasteiger charge is 2.19. The number of fused-ring (bicyclic) bond motifs is 1. The molecule has 1 aliphatic heterocycles. The second-order valence-electron chi connectivity index (χ2n) is 7.64. The summed E-state index contributed by atoms with van der Waals surface area (Å²) in [7, 11) is 1.59. The van der Waals surface area contributed by atoms with E-state index >= 15 is 0 Å². The van der Waals surface area contributed by atoms with Gasteiger partial charge in [0.05, 0.1) is 32.1 Å². The molecule has 164 valence electrons. The van der Waals surface area contributed by atoms with Crippen LogP contribution in [0.15, 0.2) is 36.7 Å². The SMILES string of the molecule is COc1cccc2c(-c3cn(Cc4ccn(CCN5CCCC5=O)n4)nn3)nc(N)nc12. The van der Waals surface area contributed by atoms with E-state index in [-0.39, 0.29) is 11.9 Å². The average Bonchev–Trinajstić information content (AvgIpc) is 3.53. The third kappa shape index (κ3) is 3.84. The minimum absolute atomic E-state index is 0.141. The van der Waals surface area contributed by atoms with Crippen molar-refractivity contribution in [3.63, 3.8) is 0 Å². The van der Waals surface area contributed by atoms with Crippen molar-refractivity contribution < 1.29 is 9.53 Å². The van der Waals surface area contributed by atoms with E-state index in [4.69, 9.17) is 10.5 Å². The Labute approximate surface area is 183 Å². The van der Waals surface area contributed by atoms with E-state index < -0.39 is 0 Å². The van der Waals surface area contributed by atoms with Crippen molar-refractivity contribution in [3.05, 3.63) is 42.4 Å². The van der Waals surface area contributed by atoms with Crippen molar-refractivity contribution in [2.45, 2.75) is 25.9 Å². The van der Waals surface area contributed by atoms with Gasteiger partial charge in [-0.25, -0.2) is 14.6 Å². The lowest BCUT2D eigenvalue weighted by Gasteiger charge is -2.14. The van der Waals surface area contributed by atoms with Crippen molar-refractivity contribution in [2.24, 2.45) is 0 Å². The van der Waals surface area contributed by atoms with Crippen LogP contribution < -0.4 is 10.5 Å². The first-order valence-electron chi connectivity index (χ1n) is 10.4. The zero-order valence-electron chi connectivity index (χ0n) is 17.7. The van der Waals surface area contributed by atoms with Crippen LogP contribution in [0.4, 0.5) is 5.95 Å². The Kier molecular flexibility index (Phi) is 5.13. The first-order chi connectivity index (χ1) is 15.6. The number of hydrogen-bond donors (Lipinski definition) is 1. The number of aromatic nitrogens is 7. The van der Waals surface area contributed by atoms with Crippen LogP contribution in [0.2, 0.25) is 0 Å². The molecule has 0 unspecified atom stereocenters. The number of hydrogen-bond acceptors (Lipinski definition) is 8. The van der Waals surface area contributed by atoms with Gasteiger partial charge in [-0.05, 0) is 18.6 Å². The molecule has 1 fully saturated rings. The molecular formula is C21H23N9O2. The number of ether oxygens (including phenoxy) is 1. The average molecular weight is 433 g/mol. The first kappa shape index (κ1) is 19.9. The van der Waals surface area contributed by atoms with Gasteiger partial charge in [0.15, 0.2) is 0 Å². The lowest BCUT2D eigenvalue weighted by atomic mass is 10.1. The van der Waals surface area contributed by atoms with Crippen LogP contribution in [0, 0.1) is 0 Å². The van der Waals surface area contributed by atoms with Crippen LogP contribution in [0.1, 0.15) is 18.5 Å². The summed E-state index contributed by atoms with van der Waals surface area (Å²) in [5, 5.41) is 13.9. The van der Waals surface area contributed by atoms with Gasteiger partial charge in [0.25, 0.3) is 0 Å². The van der Waals surface area contributed by atoms with Crippen LogP contribution >= 0.6 is 0 Å². The Bertz CT molecular complexity index is 1280. The number of nitrogen functional groups attached to an aromatic ring is 1. The predicted octanol–water partition coefficient (Wildman–Crippen LogP) is 1.35. The smallest absolute Gasteiger partial charge is 0.222 e. The fraction of sp³-hybridized carbons (Fsp3) is 0.333. The monoisotopic (exact) mass is 433 g/mol. The quantitative estimate of drug-likeness (QED) is 0.462. The molecule has 32 heavy (non-hydrogen) atoms. The van der Waals surface area contributed by atoms with E-state index in [0.717, 1.165) is 24.0 Å². The number of anilines is 1. The minimum atomic E-state index is 0.141. The van der Waals surface area contributed by atoms with Crippen molar-refractivity contribution in [1.82, 2.24) is 39.6 Å². The molecule has 5 rings (SSSR count). The van der Waals surface area contributed by atoms with Gasteiger partial charge >= 0.3 is 0 Å². The van der Waals surface area contributed by atoms with E-state index in [1.54, 1.807) is 11.8 Å². The second-order valence-corrected chi connectivity index (χ2v) is 7.64. The van der Waals surface area contributed by atoms with Gasteiger partial charge in [0.1, 0.15) is 22.7 Å². The summed E-state index contributed by atoms with van der Waals surface area (Å²) in [6.45, 7) is 2.65. The molecule has 0 aliphatic carbocycles. The van der Waals surface area contributed by atoms with Crippen molar-refractivity contribution in [1.29, 1.82) is 0 Å². The summed E-state index contributed by atoms with van der Waals surface area (Å²) < 4.78 is 8.95. The molecule has 0 radical (unpaired) electrons. The molecule has 0 atom stereocenters. The van der Waals surface area contributed by atoms with E-state index in [0.29, 0.717) is 48.7 Å². The summed E-state index contributed by atoms with van der Waals surface area (Å²) in [5.74, 6) is 0.983. The maximum Gasteiger partial charge on any atom is 0.222 e. The summed E-state index contributed by atoms with van der Waals surface area (Å²) in [6.07, 6.45) is 5.32. The van der Waals surface area contributed by atoms with Gasteiger partial charge in [0, 0.05) is 31.1 Å². The molecular weight excluding hydrogens is 410 g/mol. The number of nitrogens with two attached hydrogens (primary N) is 1. The molecule has 1 aliphatic rings. The molecule has 1 amide bonds. The molecule has 0 saturated carbocycles. The third-order valence-corrected chi connectivity index (χ3v) is 5.50. The number of benzene rings is 1. The molecule has 0 bridgehead atoms. The van der Waals surface area contributed by atoms with Crippen LogP contribution in [-0.4, -0.2) is 65.7 Å². The third-order valence-electron chi connectivity index (χ3n) is 5.50. The largest absolute Gasteiger partial charge is 0.494 e. The van der Waals surface area contributed by atoms with Crippen molar-refractivity contribution in [3.8, 4) is 17.1 Å². The van der Waals surface area contributed by atoms with Crippen LogP contribution in [0.25, 0.3) is 22.3 Å². The van der Waals surface area contributed by atoms with Gasteiger partial charge in [-0.3, -0.25) is 9.48 Å². The van der Waals surface area contributed by atoms with E-state index in [2.05, 4.69) is 25.4 Å². The van der Waals surface area contributed by atoms with Crippen molar-refractivity contribution >= 4 is 22.8 Å². The first-order valence-corrected chi connectivity index (χ1v) is 10.4. The Balaban J connectivity index is 1.33. The zero-order chi connectivity index (χ0) is 22.1. The van der Waals surface area contributed by atoms with Gasteiger partial charge < -0.3 is 15.4 Å². The van der Waals surface area contributed by atoms with E-state index in [9.17, 15) is 4.79 Å². The number of nitrogens with zero attached hydrogens (tertiary/aromatic N) is 8. The molecule has 1 saturated heterocycles. The molecule has 11 nitrogen and oxygen atoms in total. The highest BCUT2D eigenvalue weighted by atomic mass is 16.5. The number of rotatable bonds is 7. The molecule has 3 aromatic heterocycles. The number of methoxy groups -OCH3 is 1. The van der Waals surface area contributed by atoms with Crippen LogP contribution in [-0.2, 0) is 17.9 Å². The lowest BCUT2D eigenvalue weighted by Crippen LogP contribution is -2.28. The number of carbonyl (C=O) groups excluding carboxylic acids is 1. The number of likely N-dealkylation sites (tertiary alicyclic amines) is 1. The molecule has 4 heterocycles. The predicted molar refractivity (Wildman–Crippen MR) is 117 cm³/mol. The fourth-order valence-corrected chi connectivity index (χ4v) is 3.93. The maximum atomic E-state index is 11.8. The lowest BCUT2D eigenvalue weighted by molar-refractivity contribution is -0.127. The maximum absolute atomic E-state index is 11.8. The summed E-state index contributed by atoms with van der Waals surface area (Å²) >= 11 is 0. The molecule has 4 aromatic rings. The standard InChI is InChI=1S/C21H23N9O2/c1-32-17-5-2-4-15-19(23-21(22)24-20(15)17)16-13-30(27-25-16)12-14-7-9-29(26-14)11-10-28-8-3-6-18(28)31/h2,4-5,7,9,13H,3,6,8,10-12H2,1H3,(H2,22,23,24). The van der Waals surface area contributed by atoms with Gasteiger partial charge in [-0.1, -0.05) is 17.3 Å². The normalized spacial score (nSPS) is 13.9. The molecule has 0 spiro atoms. The topological polar surface area (TPSA) is 130 Å². The summed E-state index contributed by atoms with van der Waals surface area (Å²) in [5.41, 5.74) is 8.59. The zero-order valence-corrected chi connectivity index (χ0v) is 17.7. The molecule has 11 heteroatoms. The van der Waals surface area contributed by atoms with E-state index in [1.807, 2.05) is 46.2 Å². The Morgan fingerprint density at radius 3 is 2.88 bits per heavy atom. The fourth-order valence-electron chi connectivity index (χ4n) is 3.93. The minimum Gasteiger partial charge on any atom is -0.494 e.